The number of ether oxygens (including phenoxy) is 2. The first-order valence-corrected chi connectivity index (χ1v) is 6.38. The maximum atomic E-state index is 10.8. The van der Waals surface area contributed by atoms with Gasteiger partial charge in [0.05, 0.1) is 10.6 Å². The molecule has 0 aliphatic heterocycles. The largest absolute Gasteiger partial charge is 0.490 e. The number of benzene rings is 2. The number of rotatable bonds is 6. The van der Waals surface area contributed by atoms with Crippen LogP contribution in [0.2, 0.25) is 5.02 Å². The van der Waals surface area contributed by atoms with Crippen LogP contribution in [0.5, 0.6) is 11.5 Å². The Morgan fingerprint density at radius 1 is 1.05 bits per heavy atom. The molecule has 0 saturated heterocycles. The van der Waals surface area contributed by atoms with Gasteiger partial charge in [-0.2, -0.15) is 0 Å². The number of carboxylic acids is 1. The Bertz CT molecular complexity index is 584. The minimum Gasteiger partial charge on any atom is -0.490 e. The number of hydrogen-bond donors (Lipinski definition) is 1. The lowest BCUT2D eigenvalue weighted by Gasteiger charge is -2.09. The van der Waals surface area contributed by atoms with Gasteiger partial charge in [0.25, 0.3) is 0 Å². The van der Waals surface area contributed by atoms with Crippen LogP contribution in [-0.4, -0.2) is 24.3 Å². The Balaban J connectivity index is 1.84. The molecule has 0 amide bonds. The molecule has 104 valence electrons. The van der Waals surface area contributed by atoms with Gasteiger partial charge < -0.3 is 14.6 Å². The predicted molar refractivity (Wildman–Crippen MR) is 75.8 cm³/mol. The Hall–Kier alpha value is -2.20. The zero-order chi connectivity index (χ0) is 14.4. The fraction of sp³-hybridized carbons (Fsp3) is 0.133. The summed E-state index contributed by atoms with van der Waals surface area (Å²) < 4.78 is 10.9. The lowest BCUT2D eigenvalue weighted by atomic mass is 10.2. The van der Waals surface area contributed by atoms with E-state index < -0.39 is 5.97 Å². The van der Waals surface area contributed by atoms with Gasteiger partial charge in [-0.25, -0.2) is 4.79 Å². The zero-order valence-corrected chi connectivity index (χ0v) is 11.3. The van der Waals surface area contributed by atoms with Gasteiger partial charge in [0.15, 0.2) is 0 Å². The highest BCUT2D eigenvalue weighted by atomic mass is 35.5. The van der Waals surface area contributed by atoms with E-state index in [9.17, 15) is 4.79 Å². The first-order chi connectivity index (χ1) is 9.66. The zero-order valence-electron chi connectivity index (χ0n) is 10.6. The Labute approximate surface area is 121 Å². The van der Waals surface area contributed by atoms with E-state index in [1.807, 2.05) is 30.3 Å². The number of hydrogen-bond acceptors (Lipinski definition) is 3. The molecule has 4 nitrogen and oxygen atoms in total. The predicted octanol–water partition coefficient (Wildman–Crippen LogP) is 3.50. The van der Waals surface area contributed by atoms with Crippen molar-refractivity contribution in [1.29, 1.82) is 0 Å². The molecule has 0 aliphatic carbocycles. The summed E-state index contributed by atoms with van der Waals surface area (Å²) in [6, 6.07) is 13.7. The molecule has 2 aromatic rings. The van der Waals surface area contributed by atoms with Crippen LogP contribution < -0.4 is 9.47 Å². The highest BCUT2D eigenvalue weighted by molar-refractivity contribution is 6.32. The first kappa shape index (κ1) is 14.2. The van der Waals surface area contributed by atoms with Crippen molar-refractivity contribution in [2.24, 2.45) is 0 Å². The molecule has 0 spiro atoms. The van der Waals surface area contributed by atoms with Crippen LogP contribution in [0.25, 0.3) is 0 Å². The van der Waals surface area contributed by atoms with E-state index in [0.29, 0.717) is 19.0 Å². The number of halogens is 1. The highest BCUT2D eigenvalue weighted by Gasteiger charge is 2.07. The summed E-state index contributed by atoms with van der Waals surface area (Å²) >= 11 is 5.94. The van der Waals surface area contributed by atoms with Crippen LogP contribution in [-0.2, 0) is 0 Å². The van der Waals surface area contributed by atoms with E-state index in [-0.39, 0.29) is 10.6 Å². The second kappa shape index (κ2) is 6.82. The average molecular weight is 293 g/mol. The fourth-order valence-electron chi connectivity index (χ4n) is 1.58. The summed E-state index contributed by atoms with van der Waals surface area (Å²) in [5.41, 5.74) is 0.128. The quantitative estimate of drug-likeness (QED) is 0.828. The number of aromatic carboxylic acids is 1. The lowest BCUT2D eigenvalue weighted by Crippen LogP contribution is -2.09. The minimum atomic E-state index is -1.02. The van der Waals surface area contributed by atoms with E-state index in [4.69, 9.17) is 26.2 Å². The van der Waals surface area contributed by atoms with Crippen LogP contribution in [0.15, 0.2) is 48.5 Å². The second-order valence-corrected chi connectivity index (χ2v) is 4.37. The molecule has 0 aliphatic rings. The van der Waals surface area contributed by atoms with E-state index in [1.54, 1.807) is 0 Å². The molecule has 2 aromatic carbocycles. The molecule has 2 rings (SSSR count). The Morgan fingerprint density at radius 2 is 1.75 bits per heavy atom. The lowest BCUT2D eigenvalue weighted by molar-refractivity contribution is 0.0697. The van der Waals surface area contributed by atoms with Crippen LogP contribution in [0, 0.1) is 0 Å². The van der Waals surface area contributed by atoms with Gasteiger partial charge in [-0.15, -0.1) is 0 Å². The van der Waals surface area contributed by atoms with E-state index in [1.165, 1.54) is 18.2 Å². The maximum Gasteiger partial charge on any atom is 0.335 e. The maximum absolute atomic E-state index is 10.8. The summed E-state index contributed by atoms with van der Waals surface area (Å²) in [6.07, 6.45) is 0. The summed E-state index contributed by atoms with van der Waals surface area (Å²) in [7, 11) is 0. The van der Waals surface area contributed by atoms with Gasteiger partial charge in [0.2, 0.25) is 0 Å². The average Bonchev–Trinajstić information content (AvgIpc) is 2.46. The minimum absolute atomic E-state index is 0.128. The fourth-order valence-corrected chi connectivity index (χ4v) is 1.81. The van der Waals surface area contributed by atoms with Crippen molar-refractivity contribution >= 4 is 17.6 Å². The van der Waals surface area contributed by atoms with Gasteiger partial charge in [0.1, 0.15) is 24.7 Å². The third kappa shape index (κ3) is 3.90. The van der Waals surface area contributed by atoms with Gasteiger partial charge in [-0.05, 0) is 30.3 Å². The van der Waals surface area contributed by atoms with Crippen molar-refractivity contribution in [2.45, 2.75) is 0 Å². The third-order valence-electron chi connectivity index (χ3n) is 2.53. The molecule has 0 heterocycles. The van der Waals surface area contributed by atoms with Crippen LogP contribution in [0.1, 0.15) is 10.4 Å². The van der Waals surface area contributed by atoms with E-state index in [0.717, 1.165) is 5.75 Å². The first-order valence-electron chi connectivity index (χ1n) is 6.00. The van der Waals surface area contributed by atoms with Crippen LogP contribution in [0.4, 0.5) is 0 Å². The number of carbonyl (C=O) groups is 1. The SMILES string of the molecule is O=C(O)c1ccc(OCCOc2ccccc2)c(Cl)c1. The standard InChI is InChI=1S/C15H13ClO4/c16-13-10-11(15(17)18)6-7-14(13)20-9-8-19-12-4-2-1-3-5-12/h1-7,10H,8-9H2,(H,17,18). The molecular weight excluding hydrogens is 280 g/mol. The molecule has 0 unspecified atom stereocenters. The van der Waals surface area contributed by atoms with Crippen molar-refractivity contribution in [3.05, 3.63) is 59.1 Å². The summed E-state index contributed by atoms with van der Waals surface area (Å²) in [5.74, 6) is 0.183. The Morgan fingerprint density at radius 3 is 2.40 bits per heavy atom. The van der Waals surface area contributed by atoms with Crippen molar-refractivity contribution < 1.29 is 19.4 Å². The Kier molecular flexibility index (Phi) is 4.85. The molecule has 0 bridgehead atoms. The molecule has 20 heavy (non-hydrogen) atoms. The van der Waals surface area contributed by atoms with Crippen LogP contribution in [0.3, 0.4) is 0 Å². The van der Waals surface area contributed by atoms with Gasteiger partial charge in [-0.3, -0.25) is 0 Å². The molecule has 1 N–H and O–H groups in total. The monoisotopic (exact) mass is 292 g/mol. The summed E-state index contributed by atoms with van der Waals surface area (Å²) in [5, 5.41) is 9.09. The van der Waals surface area contributed by atoms with Gasteiger partial charge in [0, 0.05) is 0 Å². The van der Waals surface area contributed by atoms with Crippen molar-refractivity contribution in [3.63, 3.8) is 0 Å². The molecular formula is C15H13ClO4. The van der Waals surface area contributed by atoms with E-state index in [2.05, 4.69) is 0 Å². The summed E-state index contributed by atoms with van der Waals surface area (Å²) in [4.78, 5) is 10.8. The molecule has 0 aromatic heterocycles. The van der Waals surface area contributed by atoms with Crippen LogP contribution >= 0.6 is 11.6 Å². The summed E-state index contributed by atoms with van der Waals surface area (Å²) in [6.45, 7) is 0.696. The molecule has 0 radical (unpaired) electrons. The van der Waals surface area contributed by atoms with Crippen molar-refractivity contribution in [3.8, 4) is 11.5 Å². The second-order valence-electron chi connectivity index (χ2n) is 3.96. The molecule has 0 atom stereocenters. The van der Waals surface area contributed by atoms with Gasteiger partial charge in [-0.1, -0.05) is 29.8 Å². The molecule has 0 fully saturated rings. The van der Waals surface area contributed by atoms with Crippen molar-refractivity contribution in [2.75, 3.05) is 13.2 Å². The third-order valence-corrected chi connectivity index (χ3v) is 2.83. The molecule has 5 heteroatoms. The van der Waals surface area contributed by atoms with E-state index >= 15 is 0 Å². The topological polar surface area (TPSA) is 55.8 Å². The number of para-hydroxylation sites is 1. The number of carboxylic acid groups (broad SMARTS) is 1. The smallest absolute Gasteiger partial charge is 0.335 e. The highest BCUT2D eigenvalue weighted by Crippen LogP contribution is 2.25. The molecule has 0 saturated carbocycles. The van der Waals surface area contributed by atoms with Crippen molar-refractivity contribution in [1.82, 2.24) is 0 Å². The van der Waals surface area contributed by atoms with Gasteiger partial charge >= 0.3 is 5.97 Å². The normalized spacial score (nSPS) is 10.1.